The summed E-state index contributed by atoms with van der Waals surface area (Å²) in [5.41, 5.74) is 4.02. The number of aliphatic hydroxyl groups is 1. The second-order valence-corrected chi connectivity index (χ2v) is 7.07. The maximum Gasteiger partial charge on any atom is 0.0974 e. The Balaban J connectivity index is 3.80. The van der Waals surface area contributed by atoms with Gasteiger partial charge in [0.1, 0.15) is 0 Å². The van der Waals surface area contributed by atoms with Gasteiger partial charge in [-0.3, -0.25) is 0 Å². The first-order chi connectivity index (χ1) is 4.68. The van der Waals surface area contributed by atoms with Crippen molar-refractivity contribution in [1.82, 2.24) is 0 Å². The van der Waals surface area contributed by atoms with Gasteiger partial charge in [0.25, 0.3) is 0 Å². The lowest BCUT2D eigenvalue weighted by molar-refractivity contribution is 0.294. The van der Waals surface area contributed by atoms with E-state index < -0.39 is 8.07 Å². The fourth-order valence-electron chi connectivity index (χ4n) is 0.747. The summed E-state index contributed by atoms with van der Waals surface area (Å²) in [6, 6.07) is 1.07. The molecular formula is C8H16OSi. The molecule has 0 amide bonds. The van der Waals surface area contributed by atoms with Gasteiger partial charge in [0.15, 0.2) is 0 Å². The molecule has 0 atom stereocenters. The minimum Gasteiger partial charge on any atom is -0.396 e. The average Bonchev–Trinajstić information content (AvgIpc) is 2.00. The van der Waals surface area contributed by atoms with Crippen molar-refractivity contribution in [2.75, 3.05) is 6.61 Å². The maximum atomic E-state index is 8.57. The van der Waals surface area contributed by atoms with Crippen LogP contribution in [0.1, 0.15) is 6.42 Å². The molecule has 0 aliphatic carbocycles. The topological polar surface area (TPSA) is 20.2 Å². The molecule has 0 aromatic carbocycles. The predicted molar refractivity (Wildman–Crippen MR) is 48.5 cm³/mol. The lowest BCUT2D eigenvalue weighted by Crippen LogP contribution is -2.24. The molecule has 0 aromatic heterocycles. The Labute approximate surface area is 64.1 Å². The Hall–Kier alpha value is -0.343. The molecule has 0 fully saturated rings. The Morgan fingerprint density at radius 1 is 1.40 bits per heavy atom. The van der Waals surface area contributed by atoms with Gasteiger partial charge in [-0.25, -0.2) is 0 Å². The second-order valence-electron chi connectivity index (χ2n) is 2.74. The van der Waals surface area contributed by atoms with Crippen LogP contribution in [0.4, 0.5) is 0 Å². The SMILES string of the molecule is C=C[Si](C)(C=C)CCCO. The normalized spacial score (nSPS) is 11.0. The second kappa shape index (κ2) is 4.47. The van der Waals surface area contributed by atoms with E-state index in [1.54, 1.807) is 0 Å². The minimum atomic E-state index is -1.35. The van der Waals surface area contributed by atoms with Gasteiger partial charge >= 0.3 is 0 Å². The summed E-state index contributed by atoms with van der Waals surface area (Å²) in [7, 11) is -1.35. The van der Waals surface area contributed by atoms with Crippen molar-refractivity contribution < 1.29 is 5.11 Å². The third kappa shape index (κ3) is 2.99. The number of hydrogen-bond donors (Lipinski definition) is 1. The van der Waals surface area contributed by atoms with Gasteiger partial charge in [0.2, 0.25) is 0 Å². The van der Waals surface area contributed by atoms with Crippen molar-refractivity contribution in [3.63, 3.8) is 0 Å². The van der Waals surface area contributed by atoms with Crippen molar-refractivity contribution in [3.8, 4) is 0 Å². The molecule has 0 rings (SSSR count). The zero-order valence-corrected chi connectivity index (χ0v) is 7.64. The fraction of sp³-hybridized carbons (Fsp3) is 0.500. The summed E-state index contributed by atoms with van der Waals surface area (Å²) in [4.78, 5) is 0. The summed E-state index contributed by atoms with van der Waals surface area (Å²) in [5.74, 6) is 0. The smallest absolute Gasteiger partial charge is 0.0974 e. The molecule has 0 radical (unpaired) electrons. The molecule has 10 heavy (non-hydrogen) atoms. The van der Waals surface area contributed by atoms with Crippen LogP contribution in [0.3, 0.4) is 0 Å². The van der Waals surface area contributed by atoms with E-state index in [9.17, 15) is 0 Å². The Morgan fingerprint density at radius 2 is 1.90 bits per heavy atom. The monoisotopic (exact) mass is 156 g/mol. The Kier molecular flexibility index (Phi) is 4.32. The molecule has 0 saturated carbocycles. The largest absolute Gasteiger partial charge is 0.396 e. The van der Waals surface area contributed by atoms with E-state index in [0.29, 0.717) is 0 Å². The summed E-state index contributed by atoms with van der Waals surface area (Å²) in [5, 5.41) is 8.57. The lowest BCUT2D eigenvalue weighted by Gasteiger charge is -2.16. The van der Waals surface area contributed by atoms with E-state index in [-0.39, 0.29) is 6.61 Å². The van der Waals surface area contributed by atoms with Gasteiger partial charge in [-0.05, 0) is 12.5 Å². The van der Waals surface area contributed by atoms with E-state index in [4.69, 9.17) is 5.11 Å². The first kappa shape index (κ1) is 9.66. The highest BCUT2D eigenvalue weighted by Crippen LogP contribution is 2.13. The van der Waals surface area contributed by atoms with Crippen LogP contribution in [0.25, 0.3) is 0 Å². The molecular weight excluding hydrogens is 140 g/mol. The zero-order valence-electron chi connectivity index (χ0n) is 6.64. The molecule has 0 saturated heterocycles. The van der Waals surface area contributed by atoms with Crippen molar-refractivity contribution in [2.45, 2.75) is 19.0 Å². The van der Waals surface area contributed by atoms with Crippen LogP contribution in [0, 0.1) is 0 Å². The predicted octanol–water partition coefficient (Wildman–Crippen LogP) is 1.90. The fourth-order valence-corrected chi connectivity index (χ4v) is 2.24. The minimum absolute atomic E-state index is 0.282. The first-order valence-electron chi connectivity index (χ1n) is 3.56. The van der Waals surface area contributed by atoms with Crippen molar-refractivity contribution in [1.29, 1.82) is 0 Å². The van der Waals surface area contributed by atoms with Crippen LogP contribution < -0.4 is 0 Å². The molecule has 0 aliphatic rings. The van der Waals surface area contributed by atoms with Crippen LogP contribution in [0.2, 0.25) is 12.6 Å². The quantitative estimate of drug-likeness (QED) is 0.603. The van der Waals surface area contributed by atoms with E-state index in [0.717, 1.165) is 12.5 Å². The van der Waals surface area contributed by atoms with Gasteiger partial charge in [-0.2, -0.15) is 0 Å². The Morgan fingerprint density at radius 3 is 2.20 bits per heavy atom. The Bertz CT molecular complexity index is 112. The van der Waals surface area contributed by atoms with Crippen molar-refractivity contribution >= 4 is 8.07 Å². The molecule has 0 spiro atoms. The van der Waals surface area contributed by atoms with Crippen molar-refractivity contribution in [2.24, 2.45) is 0 Å². The highest BCUT2D eigenvalue weighted by Gasteiger charge is 2.16. The van der Waals surface area contributed by atoms with Gasteiger partial charge in [-0.15, -0.1) is 13.2 Å². The first-order valence-corrected chi connectivity index (χ1v) is 6.43. The molecule has 58 valence electrons. The number of hydrogen-bond acceptors (Lipinski definition) is 1. The van der Waals surface area contributed by atoms with Gasteiger partial charge < -0.3 is 5.11 Å². The molecule has 0 bridgehead atoms. The highest BCUT2D eigenvalue weighted by atomic mass is 28.3. The van der Waals surface area contributed by atoms with Crippen LogP contribution >= 0.6 is 0 Å². The van der Waals surface area contributed by atoms with E-state index >= 15 is 0 Å². The summed E-state index contributed by atoms with van der Waals surface area (Å²) >= 11 is 0. The molecule has 0 heterocycles. The number of rotatable bonds is 5. The van der Waals surface area contributed by atoms with Crippen LogP contribution in [-0.2, 0) is 0 Å². The molecule has 0 unspecified atom stereocenters. The molecule has 0 aliphatic heterocycles. The van der Waals surface area contributed by atoms with Crippen molar-refractivity contribution in [3.05, 3.63) is 24.6 Å². The third-order valence-electron chi connectivity index (χ3n) is 1.81. The van der Waals surface area contributed by atoms with E-state index in [1.165, 1.54) is 0 Å². The van der Waals surface area contributed by atoms with E-state index in [1.807, 2.05) is 11.4 Å². The lowest BCUT2D eigenvalue weighted by atomic mass is 10.5. The summed E-state index contributed by atoms with van der Waals surface area (Å²) < 4.78 is 0. The van der Waals surface area contributed by atoms with E-state index in [2.05, 4.69) is 19.7 Å². The maximum absolute atomic E-state index is 8.57. The average molecular weight is 156 g/mol. The standard InChI is InChI=1S/C8H16OSi/c1-4-10(3,5-2)8-6-7-9/h4-5,9H,1-2,6-8H2,3H3. The van der Waals surface area contributed by atoms with Crippen LogP contribution in [0.15, 0.2) is 24.6 Å². The van der Waals surface area contributed by atoms with Gasteiger partial charge in [-0.1, -0.05) is 17.9 Å². The highest BCUT2D eigenvalue weighted by molar-refractivity contribution is 6.87. The van der Waals surface area contributed by atoms with Crippen LogP contribution in [0.5, 0.6) is 0 Å². The molecule has 0 aromatic rings. The molecule has 1 N–H and O–H groups in total. The van der Waals surface area contributed by atoms with Gasteiger partial charge in [0.05, 0.1) is 8.07 Å². The number of aliphatic hydroxyl groups excluding tert-OH is 1. The summed E-state index contributed by atoms with van der Waals surface area (Å²) in [6.07, 6.45) is 0.876. The van der Waals surface area contributed by atoms with Crippen LogP contribution in [-0.4, -0.2) is 19.8 Å². The molecule has 1 nitrogen and oxygen atoms in total. The van der Waals surface area contributed by atoms with Gasteiger partial charge in [0, 0.05) is 6.61 Å². The summed E-state index contributed by atoms with van der Waals surface area (Å²) in [6.45, 7) is 10.0. The third-order valence-corrected chi connectivity index (χ3v) is 5.10. The zero-order chi connectivity index (χ0) is 8.04. The molecule has 2 heteroatoms.